The van der Waals surface area contributed by atoms with E-state index in [-0.39, 0.29) is 17.6 Å². The average molecular weight is 537 g/mol. The molecule has 5 rings (SSSR count). The van der Waals surface area contributed by atoms with Crippen molar-refractivity contribution in [3.8, 4) is 0 Å². The molecule has 8 nitrogen and oxygen atoms in total. The second kappa shape index (κ2) is 10.2. The number of H-pyrrole nitrogens is 1. The number of carbonyl (C=O) groups is 2. The molecule has 0 aromatic carbocycles. The number of amides is 2. The van der Waals surface area contributed by atoms with Crippen molar-refractivity contribution in [1.29, 1.82) is 0 Å². The van der Waals surface area contributed by atoms with E-state index >= 15 is 0 Å². The van der Waals surface area contributed by atoms with Crippen molar-refractivity contribution >= 4 is 27.7 Å². The Labute approximate surface area is 224 Å². The van der Waals surface area contributed by atoms with Crippen LogP contribution in [0.2, 0.25) is 0 Å². The predicted octanol–water partition coefficient (Wildman–Crippen LogP) is 3.20. The third kappa shape index (κ3) is 5.09. The van der Waals surface area contributed by atoms with Crippen LogP contribution < -0.4 is 5.32 Å². The van der Waals surface area contributed by atoms with Gasteiger partial charge >= 0.3 is 0 Å². The van der Waals surface area contributed by atoms with Crippen LogP contribution >= 0.6 is 0 Å². The van der Waals surface area contributed by atoms with Crippen LogP contribution in [0.1, 0.15) is 53.5 Å². The monoisotopic (exact) mass is 536 g/mol. The van der Waals surface area contributed by atoms with Crippen molar-refractivity contribution in [3.05, 3.63) is 74.8 Å². The number of aromatic nitrogens is 1. The molecule has 3 heterocycles. The molecule has 0 bridgehead atoms. The number of sulfone groups is 1. The Morgan fingerprint density at radius 1 is 1.11 bits per heavy atom. The van der Waals surface area contributed by atoms with E-state index in [1.54, 1.807) is 12.2 Å². The van der Waals surface area contributed by atoms with Gasteiger partial charge in [0.05, 0.1) is 22.1 Å². The summed E-state index contributed by atoms with van der Waals surface area (Å²) in [5.41, 5.74) is 6.73. The van der Waals surface area contributed by atoms with E-state index in [1.165, 1.54) is 5.57 Å². The van der Waals surface area contributed by atoms with Gasteiger partial charge in [0.1, 0.15) is 0 Å². The number of rotatable bonds is 5. The van der Waals surface area contributed by atoms with Crippen LogP contribution in [-0.2, 0) is 14.6 Å². The molecular formula is C29H36N4O4S. The number of nitrogens with zero attached hydrogens (tertiary/aromatic N) is 2. The van der Waals surface area contributed by atoms with Gasteiger partial charge in [-0.15, -0.1) is 0 Å². The minimum absolute atomic E-state index is 0.00412. The van der Waals surface area contributed by atoms with Crippen LogP contribution in [0.4, 0.5) is 0 Å². The number of aromatic amines is 1. The minimum atomic E-state index is -3.44. The van der Waals surface area contributed by atoms with Crippen LogP contribution in [0.15, 0.2) is 52.3 Å². The molecule has 2 aliphatic carbocycles. The molecule has 2 aliphatic heterocycles. The molecular weight excluding hydrogens is 500 g/mol. The first-order valence-electron chi connectivity index (χ1n) is 13.2. The van der Waals surface area contributed by atoms with Crippen molar-refractivity contribution < 1.29 is 18.0 Å². The Hall–Kier alpha value is -3.17. The van der Waals surface area contributed by atoms with Crippen LogP contribution in [0.25, 0.3) is 6.08 Å². The molecule has 9 heteroatoms. The lowest BCUT2D eigenvalue weighted by atomic mass is 9.98. The predicted molar refractivity (Wildman–Crippen MR) is 149 cm³/mol. The summed E-state index contributed by atoms with van der Waals surface area (Å²) < 4.78 is 26.6. The highest BCUT2D eigenvalue weighted by Crippen LogP contribution is 2.35. The van der Waals surface area contributed by atoms with E-state index < -0.39 is 15.1 Å². The summed E-state index contributed by atoms with van der Waals surface area (Å²) in [6.07, 6.45) is 11.2. The van der Waals surface area contributed by atoms with Crippen LogP contribution in [-0.4, -0.2) is 79.2 Å². The molecule has 0 spiro atoms. The minimum Gasteiger partial charge on any atom is -0.358 e. The lowest BCUT2D eigenvalue weighted by Crippen LogP contribution is -2.47. The summed E-state index contributed by atoms with van der Waals surface area (Å²) in [6.45, 7) is 8.86. The first-order valence-corrected chi connectivity index (χ1v) is 14.9. The fourth-order valence-electron chi connectivity index (χ4n) is 5.57. The van der Waals surface area contributed by atoms with Gasteiger partial charge in [0, 0.05) is 48.8 Å². The van der Waals surface area contributed by atoms with Gasteiger partial charge in [-0.25, -0.2) is 8.42 Å². The molecule has 2 saturated heterocycles. The van der Waals surface area contributed by atoms with Gasteiger partial charge in [0.25, 0.3) is 11.8 Å². The van der Waals surface area contributed by atoms with Crippen LogP contribution in [0, 0.1) is 13.8 Å². The van der Waals surface area contributed by atoms with Gasteiger partial charge in [0.15, 0.2) is 9.84 Å². The quantitative estimate of drug-likeness (QED) is 0.563. The Balaban J connectivity index is 1.42. The summed E-state index contributed by atoms with van der Waals surface area (Å²) in [4.78, 5) is 33.6. The van der Waals surface area contributed by atoms with E-state index in [1.807, 2.05) is 37.0 Å². The standard InChI is InChI=1S/C29H36N4O4S/c1-18-5-7-21(8-6-18)17-38(36,37)22-9-10-25-23(15-22)24(28(34)31-25)16-26-19(2)27(20(3)30-26)29(35)33-13-11-32(4)12-14-33/h5,7,10,15-16,22,30H,6,8-9,11-14,17H2,1-4H3,(H,31,34). The van der Waals surface area contributed by atoms with Gasteiger partial charge in [-0.3, -0.25) is 9.59 Å². The highest BCUT2D eigenvalue weighted by Gasteiger charge is 2.35. The molecule has 202 valence electrons. The van der Waals surface area contributed by atoms with Gasteiger partial charge in [-0.05, 0) is 58.7 Å². The van der Waals surface area contributed by atoms with Gasteiger partial charge in [-0.2, -0.15) is 0 Å². The number of piperazine rings is 1. The molecule has 1 aromatic rings. The third-order valence-corrected chi connectivity index (χ3v) is 10.1. The normalized spacial score (nSPS) is 23.5. The van der Waals surface area contributed by atoms with Gasteiger partial charge in [0.2, 0.25) is 0 Å². The lowest BCUT2D eigenvalue weighted by Gasteiger charge is -2.32. The first kappa shape index (κ1) is 26.4. The smallest absolute Gasteiger partial charge is 0.256 e. The van der Waals surface area contributed by atoms with E-state index in [2.05, 4.69) is 29.2 Å². The lowest BCUT2D eigenvalue weighted by molar-refractivity contribution is -0.115. The fourth-order valence-corrected chi connectivity index (χ4v) is 7.27. The summed E-state index contributed by atoms with van der Waals surface area (Å²) in [5.74, 6) is -0.244. The number of allylic oxidation sites excluding steroid dienone is 5. The molecule has 0 saturated carbocycles. The Bertz CT molecular complexity index is 1450. The summed E-state index contributed by atoms with van der Waals surface area (Å²) in [6, 6.07) is 0. The summed E-state index contributed by atoms with van der Waals surface area (Å²) in [5, 5.41) is 2.19. The summed E-state index contributed by atoms with van der Waals surface area (Å²) in [7, 11) is -1.39. The zero-order valence-corrected chi connectivity index (χ0v) is 23.4. The largest absolute Gasteiger partial charge is 0.358 e. The molecule has 2 N–H and O–H groups in total. The number of fused-ring (bicyclic) bond motifs is 1. The molecule has 4 aliphatic rings. The molecule has 1 atom stereocenters. The zero-order valence-electron chi connectivity index (χ0n) is 22.6. The van der Waals surface area contributed by atoms with Gasteiger partial charge in [-0.1, -0.05) is 35.5 Å². The highest BCUT2D eigenvalue weighted by molar-refractivity contribution is 7.92. The maximum Gasteiger partial charge on any atom is 0.256 e. The van der Waals surface area contributed by atoms with Crippen molar-refractivity contribution in [2.75, 3.05) is 39.0 Å². The molecule has 1 aromatic heterocycles. The topological polar surface area (TPSA) is 103 Å². The van der Waals surface area contributed by atoms with Crippen LogP contribution in [0.3, 0.4) is 0 Å². The number of aryl methyl sites for hydroxylation is 1. The number of carbonyl (C=O) groups excluding carboxylic acids is 2. The second-order valence-corrected chi connectivity index (χ2v) is 13.1. The third-order valence-electron chi connectivity index (χ3n) is 8.04. The number of hydrogen-bond donors (Lipinski definition) is 2. The second-order valence-electron chi connectivity index (χ2n) is 10.9. The maximum atomic E-state index is 13.3. The number of nitrogens with one attached hydrogen (secondary N) is 2. The maximum absolute atomic E-state index is 13.3. The Morgan fingerprint density at radius 2 is 1.84 bits per heavy atom. The van der Waals surface area contributed by atoms with Gasteiger partial charge < -0.3 is 20.1 Å². The molecule has 38 heavy (non-hydrogen) atoms. The first-order chi connectivity index (χ1) is 18.0. The Morgan fingerprint density at radius 3 is 2.53 bits per heavy atom. The van der Waals surface area contributed by atoms with E-state index in [0.717, 1.165) is 42.8 Å². The van der Waals surface area contributed by atoms with Crippen molar-refractivity contribution in [2.45, 2.75) is 45.3 Å². The van der Waals surface area contributed by atoms with E-state index in [0.29, 0.717) is 47.6 Å². The van der Waals surface area contributed by atoms with E-state index in [9.17, 15) is 18.0 Å². The SMILES string of the molecule is CC1=CC=C(CS(=O)(=O)C2C=C3C(=CC2)NC(=O)C3=Cc2[nH]c(C)c(C(=O)N3CCN(C)CC3)c2C)CC1. The highest BCUT2D eigenvalue weighted by atomic mass is 32.2. The zero-order chi connectivity index (χ0) is 27.2. The van der Waals surface area contributed by atoms with Crippen molar-refractivity contribution in [1.82, 2.24) is 20.1 Å². The number of likely N-dealkylation sites (N-methyl/N-ethyl adjacent to an activating group) is 1. The number of hydrogen-bond acceptors (Lipinski definition) is 5. The molecule has 2 amide bonds. The van der Waals surface area contributed by atoms with E-state index in [4.69, 9.17) is 0 Å². The van der Waals surface area contributed by atoms with Crippen LogP contribution in [0.5, 0.6) is 0 Å². The van der Waals surface area contributed by atoms with Crippen molar-refractivity contribution in [3.63, 3.8) is 0 Å². The molecule has 1 unspecified atom stereocenters. The summed E-state index contributed by atoms with van der Waals surface area (Å²) >= 11 is 0. The van der Waals surface area contributed by atoms with Crippen molar-refractivity contribution in [2.24, 2.45) is 0 Å². The Kier molecular flexibility index (Phi) is 7.09. The average Bonchev–Trinajstić information content (AvgIpc) is 3.34. The molecule has 0 radical (unpaired) electrons. The fraction of sp³-hybridized carbons (Fsp3) is 0.448. The molecule has 2 fully saturated rings.